The van der Waals surface area contributed by atoms with E-state index in [1.54, 1.807) is 6.92 Å². The average Bonchev–Trinajstić information content (AvgIpc) is 2.83. The number of hydrogen-bond acceptors (Lipinski definition) is 6. The van der Waals surface area contributed by atoms with Gasteiger partial charge in [-0.25, -0.2) is 0 Å². The van der Waals surface area contributed by atoms with Crippen LogP contribution in [0.25, 0.3) is 0 Å². The summed E-state index contributed by atoms with van der Waals surface area (Å²) in [6.07, 6.45) is 4.69. The van der Waals surface area contributed by atoms with E-state index in [0.717, 1.165) is 12.8 Å². The van der Waals surface area contributed by atoms with Crippen LogP contribution in [-0.4, -0.2) is 47.2 Å². The first-order valence-electron chi connectivity index (χ1n) is 7.10. The van der Waals surface area contributed by atoms with Gasteiger partial charge in [0.15, 0.2) is 0 Å². The van der Waals surface area contributed by atoms with E-state index in [0.29, 0.717) is 30.9 Å². The Bertz CT molecular complexity index is 448. The van der Waals surface area contributed by atoms with Gasteiger partial charge in [-0.05, 0) is 32.4 Å². The summed E-state index contributed by atoms with van der Waals surface area (Å²) < 4.78 is 5.13. The van der Waals surface area contributed by atoms with Gasteiger partial charge in [0.1, 0.15) is 0 Å². The largest absolute Gasteiger partial charge is 0.408 e. The molecule has 1 aliphatic carbocycles. The van der Waals surface area contributed by atoms with E-state index in [-0.39, 0.29) is 11.9 Å². The van der Waals surface area contributed by atoms with Gasteiger partial charge in [-0.1, -0.05) is 17.9 Å². The molecular weight excluding hydrogens is 258 g/mol. The van der Waals surface area contributed by atoms with Crippen molar-refractivity contribution in [1.82, 2.24) is 15.1 Å². The normalized spacial score (nSPS) is 23.0. The van der Waals surface area contributed by atoms with E-state index in [1.807, 2.05) is 7.05 Å². The molecular formula is C13H23N5O2. The second kappa shape index (κ2) is 6.81. The van der Waals surface area contributed by atoms with Gasteiger partial charge in [0.05, 0.1) is 6.54 Å². The molecule has 2 atom stereocenters. The Morgan fingerprint density at radius 2 is 2.20 bits per heavy atom. The van der Waals surface area contributed by atoms with Gasteiger partial charge >= 0.3 is 6.01 Å². The van der Waals surface area contributed by atoms with E-state index >= 15 is 0 Å². The molecule has 0 aromatic carbocycles. The zero-order chi connectivity index (χ0) is 14.5. The summed E-state index contributed by atoms with van der Waals surface area (Å²) in [4.78, 5) is 14.0. The molecule has 1 amide bonds. The smallest absolute Gasteiger partial charge is 0.322 e. The molecule has 0 aliphatic heterocycles. The lowest BCUT2D eigenvalue weighted by Gasteiger charge is -2.37. The average molecular weight is 281 g/mol. The lowest BCUT2D eigenvalue weighted by atomic mass is 9.84. The molecule has 1 aromatic heterocycles. The van der Waals surface area contributed by atoms with Gasteiger partial charge < -0.3 is 10.2 Å². The van der Waals surface area contributed by atoms with E-state index in [9.17, 15) is 4.79 Å². The molecule has 112 valence electrons. The van der Waals surface area contributed by atoms with Gasteiger partial charge in [0, 0.05) is 13.0 Å². The van der Waals surface area contributed by atoms with Crippen molar-refractivity contribution < 1.29 is 9.21 Å². The second-order valence-electron chi connectivity index (χ2n) is 5.44. The van der Waals surface area contributed by atoms with Crippen molar-refractivity contribution in [3.05, 3.63) is 5.89 Å². The molecule has 1 fully saturated rings. The topological polar surface area (TPSA) is 97.3 Å². The SMILES string of the molecule is Cc1nnc(NC(=O)CN(C)C2CCCCC2CN)o1. The second-order valence-corrected chi connectivity index (χ2v) is 5.44. The van der Waals surface area contributed by atoms with Crippen molar-refractivity contribution in [1.29, 1.82) is 0 Å². The van der Waals surface area contributed by atoms with Gasteiger partial charge in [-0.15, -0.1) is 5.10 Å². The van der Waals surface area contributed by atoms with Gasteiger partial charge in [-0.2, -0.15) is 0 Å². The molecule has 3 N–H and O–H groups in total. The molecule has 1 aromatic rings. The van der Waals surface area contributed by atoms with Crippen molar-refractivity contribution in [2.24, 2.45) is 11.7 Å². The molecule has 1 saturated carbocycles. The molecule has 20 heavy (non-hydrogen) atoms. The van der Waals surface area contributed by atoms with Crippen LogP contribution in [0.1, 0.15) is 31.6 Å². The number of aryl methyl sites for hydroxylation is 1. The number of carbonyl (C=O) groups is 1. The lowest BCUT2D eigenvalue weighted by molar-refractivity contribution is -0.118. The lowest BCUT2D eigenvalue weighted by Crippen LogP contribution is -2.45. The zero-order valence-corrected chi connectivity index (χ0v) is 12.1. The highest BCUT2D eigenvalue weighted by Gasteiger charge is 2.28. The Morgan fingerprint density at radius 3 is 2.85 bits per heavy atom. The Balaban J connectivity index is 1.86. The first-order valence-corrected chi connectivity index (χ1v) is 7.10. The fourth-order valence-electron chi connectivity index (χ4n) is 2.89. The van der Waals surface area contributed by atoms with Gasteiger partial charge in [-0.3, -0.25) is 15.0 Å². The van der Waals surface area contributed by atoms with Crippen LogP contribution in [0.2, 0.25) is 0 Å². The maximum Gasteiger partial charge on any atom is 0.322 e. The molecule has 7 heteroatoms. The molecule has 2 unspecified atom stereocenters. The van der Waals surface area contributed by atoms with Crippen LogP contribution in [-0.2, 0) is 4.79 Å². The number of carbonyl (C=O) groups excluding carboxylic acids is 1. The molecule has 2 rings (SSSR count). The van der Waals surface area contributed by atoms with Crippen molar-refractivity contribution >= 4 is 11.9 Å². The number of anilines is 1. The molecule has 0 radical (unpaired) electrons. The van der Waals surface area contributed by atoms with Crippen molar-refractivity contribution in [2.45, 2.75) is 38.6 Å². The predicted molar refractivity (Wildman–Crippen MR) is 75.1 cm³/mol. The quantitative estimate of drug-likeness (QED) is 0.827. The zero-order valence-electron chi connectivity index (χ0n) is 12.1. The van der Waals surface area contributed by atoms with Crippen molar-refractivity contribution in [2.75, 3.05) is 25.5 Å². The summed E-state index contributed by atoms with van der Waals surface area (Å²) in [5.74, 6) is 0.772. The molecule has 7 nitrogen and oxygen atoms in total. The van der Waals surface area contributed by atoms with Gasteiger partial charge in [0.25, 0.3) is 0 Å². The standard InChI is InChI=1S/C13H23N5O2/c1-9-16-17-13(20-9)15-12(19)8-18(2)11-6-4-3-5-10(11)7-14/h10-11H,3-8,14H2,1-2H3,(H,15,17,19). The van der Waals surface area contributed by atoms with Crippen molar-refractivity contribution in [3.63, 3.8) is 0 Å². The van der Waals surface area contributed by atoms with Crippen LogP contribution in [0.4, 0.5) is 6.01 Å². The van der Waals surface area contributed by atoms with Crippen LogP contribution in [0, 0.1) is 12.8 Å². The number of hydrogen-bond donors (Lipinski definition) is 2. The van der Waals surface area contributed by atoms with E-state index < -0.39 is 0 Å². The minimum atomic E-state index is -0.141. The maximum atomic E-state index is 12.0. The van der Waals surface area contributed by atoms with Crippen LogP contribution < -0.4 is 11.1 Å². The summed E-state index contributed by atoms with van der Waals surface area (Å²) in [6, 6.07) is 0.531. The molecule has 0 bridgehead atoms. The number of nitrogens with zero attached hydrogens (tertiary/aromatic N) is 3. The number of amides is 1. The summed E-state index contributed by atoms with van der Waals surface area (Å²) in [5, 5.41) is 10.0. The number of likely N-dealkylation sites (N-methyl/N-ethyl adjacent to an activating group) is 1. The number of rotatable bonds is 5. The van der Waals surface area contributed by atoms with Crippen LogP contribution >= 0.6 is 0 Å². The minimum Gasteiger partial charge on any atom is -0.408 e. The van der Waals surface area contributed by atoms with Crippen molar-refractivity contribution in [3.8, 4) is 0 Å². The number of aromatic nitrogens is 2. The molecule has 1 heterocycles. The predicted octanol–water partition coefficient (Wildman–Crippen LogP) is 0.766. The third-order valence-corrected chi connectivity index (χ3v) is 3.90. The summed E-state index contributed by atoms with van der Waals surface area (Å²) in [5.41, 5.74) is 5.83. The number of nitrogens with one attached hydrogen (secondary N) is 1. The third kappa shape index (κ3) is 3.77. The highest BCUT2D eigenvalue weighted by atomic mass is 16.4. The highest BCUT2D eigenvalue weighted by Crippen LogP contribution is 2.26. The third-order valence-electron chi connectivity index (χ3n) is 3.90. The molecule has 1 aliphatic rings. The first-order chi connectivity index (χ1) is 9.60. The summed E-state index contributed by atoms with van der Waals surface area (Å²) in [7, 11) is 1.97. The van der Waals surface area contributed by atoms with E-state index in [2.05, 4.69) is 20.4 Å². The first kappa shape index (κ1) is 14.9. The van der Waals surface area contributed by atoms with Crippen LogP contribution in [0.15, 0.2) is 4.42 Å². The Kier molecular flexibility index (Phi) is 5.08. The summed E-state index contributed by atoms with van der Waals surface area (Å²) in [6.45, 7) is 2.67. The van der Waals surface area contributed by atoms with Crippen LogP contribution in [0.5, 0.6) is 0 Å². The van der Waals surface area contributed by atoms with E-state index in [1.165, 1.54) is 12.8 Å². The summed E-state index contributed by atoms with van der Waals surface area (Å²) >= 11 is 0. The highest BCUT2D eigenvalue weighted by molar-refractivity contribution is 5.90. The van der Waals surface area contributed by atoms with Crippen LogP contribution in [0.3, 0.4) is 0 Å². The Morgan fingerprint density at radius 1 is 1.45 bits per heavy atom. The molecule has 0 spiro atoms. The fourth-order valence-corrected chi connectivity index (χ4v) is 2.89. The fraction of sp³-hybridized carbons (Fsp3) is 0.769. The minimum absolute atomic E-state index is 0.141. The number of nitrogens with two attached hydrogens (primary N) is 1. The van der Waals surface area contributed by atoms with E-state index in [4.69, 9.17) is 10.2 Å². The molecule has 0 saturated heterocycles. The maximum absolute atomic E-state index is 12.0. The Labute approximate surface area is 118 Å². The van der Waals surface area contributed by atoms with Gasteiger partial charge in [0.2, 0.25) is 11.8 Å². The monoisotopic (exact) mass is 281 g/mol. The Hall–Kier alpha value is -1.47.